The summed E-state index contributed by atoms with van der Waals surface area (Å²) in [4.78, 5) is 4.08. The first-order chi connectivity index (χ1) is 7.75. The monoisotopic (exact) mass is 238 g/mol. The third-order valence-corrected chi connectivity index (χ3v) is 4.14. The molecule has 0 bridgehead atoms. The van der Waals surface area contributed by atoms with Crippen molar-refractivity contribution in [3.63, 3.8) is 0 Å². The van der Waals surface area contributed by atoms with Crippen LogP contribution in [0.3, 0.4) is 0 Å². The van der Waals surface area contributed by atoms with Crippen molar-refractivity contribution in [3.8, 4) is 0 Å². The second kappa shape index (κ2) is 5.80. The number of nitrogens with zero attached hydrogens (tertiary/aromatic N) is 1. The molecule has 0 aliphatic carbocycles. The summed E-state index contributed by atoms with van der Waals surface area (Å²) in [6, 6.07) is 5.05. The van der Waals surface area contributed by atoms with E-state index < -0.39 is 0 Å². The molecule has 0 amide bonds. The summed E-state index contributed by atoms with van der Waals surface area (Å²) in [5.41, 5.74) is 0. The molecule has 0 saturated carbocycles. The fourth-order valence-electron chi connectivity index (χ4n) is 2.24. The molecule has 1 N–H and O–H groups in total. The fourth-order valence-corrected chi connectivity index (χ4v) is 2.98. The highest BCUT2D eigenvalue weighted by atomic mass is 32.1. The number of rotatable bonds is 3. The van der Waals surface area contributed by atoms with Gasteiger partial charge >= 0.3 is 0 Å². The van der Waals surface area contributed by atoms with Crippen molar-refractivity contribution in [3.05, 3.63) is 22.4 Å². The van der Waals surface area contributed by atoms with Gasteiger partial charge in [-0.05, 0) is 36.9 Å². The van der Waals surface area contributed by atoms with Crippen LogP contribution in [0.1, 0.15) is 25.1 Å². The van der Waals surface area contributed by atoms with E-state index in [1.54, 1.807) is 0 Å². The maximum atomic E-state index is 3.65. The zero-order valence-electron chi connectivity index (χ0n) is 10.3. The van der Waals surface area contributed by atoms with Crippen LogP contribution in [-0.4, -0.2) is 30.6 Å². The fraction of sp³-hybridized carbons (Fsp3) is 0.692. The molecule has 0 aromatic carbocycles. The lowest BCUT2D eigenvalue weighted by atomic mass is 10.0. The number of thiophene rings is 1. The zero-order valence-corrected chi connectivity index (χ0v) is 11.1. The van der Waals surface area contributed by atoms with Crippen molar-refractivity contribution < 1.29 is 0 Å². The van der Waals surface area contributed by atoms with Crippen LogP contribution >= 0.6 is 11.3 Å². The summed E-state index contributed by atoms with van der Waals surface area (Å²) in [6.07, 6.45) is 1.27. The van der Waals surface area contributed by atoms with Crippen LogP contribution < -0.4 is 5.32 Å². The third kappa shape index (κ3) is 3.30. The molecule has 0 spiro atoms. The van der Waals surface area contributed by atoms with Crippen molar-refractivity contribution >= 4 is 11.3 Å². The lowest BCUT2D eigenvalue weighted by Crippen LogP contribution is -2.40. The predicted molar refractivity (Wildman–Crippen MR) is 70.8 cm³/mol. The number of nitrogens with one attached hydrogen (secondary N) is 1. The molecular weight excluding hydrogens is 216 g/mol. The Morgan fingerprint density at radius 3 is 3.12 bits per heavy atom. The molecule has 1 unspecified atom stereocenters. The topological polar surface area (TPSA) is 15.3 Å². The molecule has 0 radical (unpaired) electrons. The van der Waals surface area contributed by atoms with Crippen LogP contribution in [0.25, 0.3) is 0 Å². The molecule has 1 aromatic heterocycles. The summed E-state index contributed by atoms with van der Waals surface area (Å²) in [5, 5.41) is 5.82. The Bertz CT molecular complexity index is 295. The lowest BCUT2D eigenvalue weighted by molar-refractivity contribution is 0.240. The molecule has 90 valence electrons. The number of hydrogen-bond acceptors (Lipinski definition) is 3. The van der Waals surface area contributed by atoms with Crippen LogP contribution in [0.2, 0.25) is 0 Å². The molecule has 2 rings (SSSR count). The largest absolute Gasteiger partial charge is 0.312 e. The molecule has 1 aliphatic rings. The molecule has 1 aliphatic heterocycles. The molecule has 2 nitrogen and oxygen atoms in total. The average molecular weight is 238 g/mol. The van der Waals surface area contributed by atoms with Gasteiger partial charge < -0.3 is 5.32 Å². The average Bonchev–Trinajstić information content (AvgIpc) is 2.62. The van der Waals surface area contributed by atoms with E-state index in [-0.39, 0.29) is 0 Å². The maximum absolute atomic E-state index is 3.65. The Labute approximate surface area is 103 Å². The van der Waals surface area contributed by atoms with E-state index in [1.807, 2.05) is 11.3 Å². The normalized spacial score (nSPS) is 23.6. The minimum Gasteiger partial charge on any atom is -0.312 e. The van der Waals surface area contributed by atoms with Gasteiger partial charge in [0.05, 0.1) is 0 Å². The molecule has 1 aromatic rings. The summed E-state index contributed by atoms with van der Waals surface area (Å²) >= 11 is 1.87. The predicted octanol–water partition coefficient (Wildman–Crippen LogP) is 2.57. The first-order valence-electron chi connectivity index (χ1n) is 6.24. The van der Waals surface area contributed by atoms with Gasteiger partial charge in [0.15, 0.2) is 0 Å². The van der Waals surface area contributed by atoms with Gasteiger partial charge in [-0.1, -0.05) is 19.9 Å². The smallest absolute Gasteiger partial charge is 0.0328 e. The van der Waals surface area contributed by atoms with Crippen LogP contribution in [0, 0.1) is 5.92 Å². The van der Waals surface area contributed by atoms with Gasteiger partial charge in [0.2, 0.25) is 0 Å². The van der Waals surface area contributed by atoms with E-state index in [4.69, 9.17) is 0 Å². The van der Waals surface area contributed by atoms with Crippen molar-refractivity contribution in [1.29, 1.82) is 0 Å². The summed E-state index contributed by atoms with van der Waals surface area (Å²) in [7, 11) is 0. The summed E-state index contributed by atoms with van der Waals surface area (Å²) in [5.74, 6) is 0.726. The van der Waals surface area contributed by atoms with E-state index in [1.165, 1.54) is 30.9 Å². The minimum atomic E-state index is 0.655. The van der Waals surface area contributed by atoms with Gasteiger partial charge in [-0.2, -0.15) is 0 Å². The molecule has 1 fully saturated rings. The Morgan fingerprint density at radius 2 is 2.44 bits per heavy atom. The third-order valence-electron chi connectivity index (χ3n) is 3.28. The van der Waals surface area contributed by atoms with Crippen LogP contribution in [0.5, 0.6) is 0 Å². The Balaban J connectivity index is 1.92. The molecule has 16 heavy (non-hydrogen) atoms. The van der Waals surface area contributed by atoms with Crippen LogP contribution in [0.4, 0.5) is 0 Å². The number of hydrogen-bond donors (Lipinski definition) is 1. The van der Waals surface area contributed by atoms with Crippen LogP contribution in [-0.2, 0) is 6.54 Å². The van der Waals surface area contributed by atoms with E-state index in [0.29, 0.717) is 6.04 Å². The Kier molecular flexibility index (Phi) is 4.38. The van der Waals surface area contributed by atoms with Crippen molar-refractivity contribution in [1.82, 2.24) is 10.2 Å². The standard InChI is InChI=1S/C13H22N2S/c1-11(2)13-10-15(7-4-6-14-13)9-12-5-3-8-16-12/h3,5,8,11,13-14H,4,6-7,9-10H2,1-2H3. The molecule has 1 atom stereocenters. The van der Waals surface area contributed by atoms with E-state index in [9.17, 15) is 0 Å². The van der Waals surface area contributed by atoms with Gasteiger partial charge in [0.25, 0.3) is 0 Å². The van der Waals surface area contributed by atoms with E-state index in [0.717, 1.165) is 12.5 Å². The first-order valence-corrected chi connectivity index (χ1v) is 7.12. The second-order valence-electron chi connectivity index (χ2n) is 4.97. The highest BCUT2D eigenvalue weighted by Crippen LogP contribution is 2.15. The van der Waals surface area contributed by atoms with Gasteiger partial charge in [-0.25, -0.2) is 0 Å². The summed E-state index contributed by atoms with van der Waals surface area (Å²) in [6.45, 7) is 9.34. The van der Waals surface area contributed by atoms with Crippen LogP contribution in [0.15, 0.2) is 17.5 Å². The maximum Gasteiger partial charge on any atom is 0.0328 e. The van der Waals surface area contributed by atoms with E-state index >= 15 is 0 Å². The molecule has 3 heteroatoms. The molecular formula is C13H22N2S. The van der Waals surface area contributed by atoms with Crippen molar-refractivity contribution in [2.75, 3.05) is 19.6 Å². The summed E-state index contributed by atoms with van der Waals surface area (Å²) < 4.78 is 0. The van der Waals surface area contributed by atoms with E-state index in [2.05, 4.69) is 41.6 Å². The Morgan fingerprint density at radius 1 is 1.56 bits per heavy atom. The first kappa shape index (κ1) is 12.1. The zero-order chi connectivity index (χ0) is 11.4. The lowest BCUT2D eigenvalue weighted by Gasteiger charge is -2.26. The van der Waals surface area contributed by atoms with Gasteiger partial charge in [-0.3, -0.25) is 4.90 Å². The highest BCUT2D eigenvalue weighted by Gasteiger charge is 2.20. The van der Waals surface area contributed by atoms with Gasteiger partial charge in [-0.15, -0.1) is 11.3 Å². The van der Waals surface area contributed by atoms with Crippen molar-refractivity contribution in [2.45, 2.75) is 32.9 Å². The van der Waals surface area contributed by atoms with Gasteiger partial charge in [0, 0.05) is 24.0 Å². The molecule has 2 heterocycles. The Hall–Kier alpha value is -0.380. The highest BCUT2D eigenvalue weighted by molar-refractivity contribution is 7.09. The SMILES string of the molecule is CC(C)C1CN(Cc2cccs2)CCCN1. The second-order valence-corrected chi connectivity index (χ2v) is 6.00. The van der Waals surface area contributed by atoms with Crippen molar-refractivity contribution in [2.24, 2.45) is 5.92 Å². The quantitative estimate of drug-likeness (QED) is 0.870. The molecule has 1 saturated heterocycles. The minimum absolute atomic E-state index is 0.655. The van der Waals surface area contributed by atoms with Gasteiger partial charge in [0.1, 0.15) is 0 Å².